The number of alkyl halides is 4. The van der Waals surface area contributed by atoms with Gasteiger partial charge in [-0.1, -0.05) is 36.4 Å². The highest BCUT2D eigenvalue weighted by Crippen LogP contribution is 2.31. The Morgan fingerprint density at radius 3 is 2.56 bits per heavy atom. The third kappa shape index (κ3) is 6.70. The number of fused-ring (bicyclic) bond motifs is 1. The van der Waals surface area contributed by atoms with Crippen LogP contribution in [0.25, 0.3) is 11.0 Å². The number of halogens is 6. The highest BCUT2D eigenvalue weighted by atomic mass is 35.5. The van der Waals surface area contributed by atoms with E-state index in [-0.39, 0.29) is 21.6 Å². The summed E-state index contributed by atoms with van der Waals surface area (Å²) in [5, 5.41) is 0.343. The number of pyridine rings is 1. The topological polar surface area (TPSA) is 91.9 Å². The van der Waals surface area contributed by atoms with Crippen molar-refractivity contribution < 1.29 is 35.2 Å². The fourth-order valence-corrected chi connectivity index (χ4v) is 4.05. The van der Waals surface area contributed by atoms with Gasteiger partial charge in [0.05, 0.1) is 27.1 Å². The lowest BCUT2D eigenvalue weighted by Crippen LogP contribution is -2.26. The Morgan fingerprint density at radius 1 is 1.33 bits per heavy atom. The summed E-state index contributed by atoms with van der Waals surface area (Å²) in [6.45, 7) is 5.80. The van der Waals surface area contributed by atoms with Crippen LogP contribution in [0.1, 0.15) is 23.7 Å². The zero-order valence-electron chi connectivity index (χ0n) is 18.8. The SMILES string of the molecule is C=C/C=C(NS(=O)(=O)/C(C)=C/CC(C=C)C(F)(F)F)\C(F)=C(/CF)C(=O)c1c[nH]c2ncc(Cl)cc12. The first kappa shape index (κ1) is 29.0. The van der Waals surface area contributed by atoms with Crippen molar-refractivity contribution in [2.24, 2.45) is 5.92 Å². The molecule has 36 heavy (non-hydrogen) atoms. The predicted octanol–water partition coefficient (Wildman–Crippen LogP) is 6.24. The molecule has 0 aliphatic rings. The van der Waals surface area contributed by atoms with Crippen LogP contribution in [0.5, 0.6) is 0 Å². The number of allylic oxidation sites excluding steroid dienone is 7. The number of H-pyrrole nitrogens is 1. The van der Waals surface area contributed by atoms with Gasteiger partial charge in [-0.3, -0.25) is 9.52 Å². The van der Waals surface area contributed by atoms with Gasteiger partial charge in [0, 0.05) is 23.3 Å². The summed E-state index contributed by atoms with van der Waals surface area (Å²) in [7, 11) is -4.59. The number of Topliss-reactive ketones (excluding diaryl/α,β-unsaturated/α-hetero) is 1. The zero-order valence-corrected chi connectivity index (χ0v) is 20.4. The first-order chi connectivity index (χ1) is 16.8. The summed E-state index contributed by atoms with van der Waals surface area (Å²) in [4.78, 5) is 19.0. The summed E-state index contributed by atoms with van der Waals surface area (Å²) >= 11 is 5.88. The highest BCUT2D eigenvalue weighted by molar-refractivity contribution is 7.93. The average molecular weight is 550 g/mol. The van der Waals surface area contributed by atoms with E-state index in [1.807, 2.05) is 4.72 Å². The number of nitrogens with zero attached hydrogens (tertiary/aromatic N) is 1. The van der Waals surface area contributed by atoms with Gasteiger partial charge in [-0.15, -0.1) is 6.58 Å². The number of rotatable bonds is 11. The van der Waals surface area contributed by atoms with Gasteiger partial charge in [0.2, 0.25) is 0 Å². The Labute approximate surface area is 209 Å². The van der Waals surface area contributed by atoms with Crippen molar-refractivity contribution in [3.05, 3.63) is 88.5 Å². The van der Waals surface area contributed by atoms with Crippen molar-refractivity contribution in [3.8, 4) is 0 Å². The third-order valence-electron chi connectivity index (χ3n) is 4.97. The Hall–Kier alpha value is -3.25. The molecular weight excluding hydrogens is 529 g/mol. The monoisotopic (exact) mass is 549 g/mol. The number of ketones is 1. The van der Waals surface area contributed by atoms with Crippen LogP contribution in [0.4, 0.5) is 22.0 Å². The summed E-state index contributed by atoms with van der Waals surface area (Å²) in [6.07, 6.45) is 0.317. The van der Waals surface area contributed by atoms with E-state index in [1.54, 1.807) is 0 Å². The van der Waals surface area contributed by atoms with Gasteiger partial charge >= 0.3 is 6.18 Å². The lowest BCUT2D eigenvalue weighted by atomic mass is 10.0. The van der Waals surface area contributed by atoms with E-state index in [1.165, 1.54) is 18.5 Å². The Kier molecular flexibility index (Phi) is 9.38. The second-order valence-corrected chi connectivity index (χ2v) is 9.65. The van der Waals surface area contributed by atoms with Crippen molar-refractivity contribution >= 4 is 38.4 Å². The lowest BCUT2D eigenvalue weighted by molar-refractivity contribution is -0.160. The van der Waals surface area contributed by atoms with E-state index in [4.69, 9.17) is 11.6 Å². The van der Waals surface area contributed by atoms with Crippen molar-refractivity contribution in [3.63, 3.8) is 0 Å². The average Bonchev–Trinajstić information content (AvgIpc) is 3.21. The first-order valence-electron chi connectivity index (χ1n) is 10.1. The van der Waals surface area contributed by atoms with Gasteiger partial charge in [-0.2, -0.15) is 13.2 Å². The van der Waals surface area contributed by atoms with Crippen LogP contribution in [0.2, 0.25) is 5.02 Å². The van der Waals surface area contributed by atoms with Gasteiger partial charge in [-0.25, -0.2) is 22.2 Å². The minimum absolute atomic E-state index is 0.161. The second kappa shape index (κ2) is 11.7. The van der Waals surface area contributed by atoms with Crippen LogP contribution >= 0.6 is 11.6 Å². The molecular formula is C23H21ClF5N3O3S. The number of hydrogen-bond acceptors (Lipinski definition) is 4. The fraction of sp³-hybridized carbons (Fsp3) is 0.217. The van der Waals surface area contributed by atoms with Crippen LogP contribution in [-0.2, 0) is 10.0 Å². The predicted molar refractivity (Wildman–Crippen MR) is 128 cm³/mol. The molecule has 2 aromatic heterocycles. The molecule has 1 atom stereocenters. The molecule has 0 fully saturated rings. The van der Waals surface area contributed by atoms with Gasteiger partial charge in [0.1, 0.15) is 12.3 Å². The summed E-state index contributed by atoms with van der Waals surface area (Å²) in [5.74, 6) is -4.65. The van der Waals surface area contributed by atoms with Crippen molar-refractivity contribution in [2.75, 3.05) is 6.67 Å². The van der Waals surface area contributed by atoms with E-state index in [0.717, 1.165) is 25.2 Å². The molecule has 2 aromatic rings. The lowest BCUT2D eigenvalue weighted by Gasteiger charge is -2.16. The molecule has 0 amide bonds. The molecule has 2 rings (SSSR count). The number of aromatic nitrogens is 2. The maximum absolute atomic E-state index is 15.3. The van der Waals surface area contributed by atoms with Gasteiger partial charge < -0.3 is 4.98 Å². The molecule has 194 valence electrons. The Morgan fingerprint density at radius 2 is 2.00 bits per heavy atom. The first-order valence-corrected chi connectivity index (χ1v) is 12.0. The molecule has 1 unspecified atom stereocenters. The van der Waals surface area contributed by atoms with Crippen LogP contribution in [-0.4, -0.2) is 37.0 Å². The molecule has 0 bridgehead atoms. The van der Waals surface area contributed by atoms with E-state index >= 15 is 4.39 Å². The number of carbonyl (C=O) groups excluding carboxylic acids is 1. The van der Waals surface area contributed by atoms with Gasteiger partial charge in [-0.05, 0) is 25.5 Å². The molecule has 0 aliphatic heterocycles. The fourth-order valence-electron chi connectivity index (χ4n) is 2.97. The van der Waals surface area contributed by atoms with Crippen LogP contribution in [0.3, 0.4) is 0 Å². The molecule has 0 aliphatic carbocycles. The smallest absolute Gasteiger partial charge is 0.345 e. The summed E-state index contributed by atoms with van der Waals surface area (Å²) < 4.78 is 95.0. The van der Waals surface area contributed by atoms with Gasteiger partial charge in [0.25, 0.3) is 10.0 Å². The van der Waals surface area contributed by atoms with Crippen molar-refractivity contribution in [2.45, 2.75) is 19.5 Å². The molecule has 0 aromatic carbocycles. The molecule has 0 spiro atoms. The maximum Gasteiger partial charge on any atom is 0.395 e. The normalized spacial score (nSPS) is 14.9. The molecule has 6 nitrogen and oxygen atoms in total. The highest BCUT2D eigenvalue weighted by Gasteiger charge is 2.36. The largest absolute Gasteiger partial charge is 0.395 e. The van der Waals surface area contributed by atoms with Crippen LogP contribution in [0, 0.1) is 5.92 Å². The van der Waals surface area contributed by atoms with E-state index in [9.17, 15) is 30.8 Å². The Bertz CT molecular complexity index is 1380. The maximum atomic E-state index is 15.3. The van der Waals surface area contributed by atoms with E-state index in [0.29, 0.717) is 6.08 Å². The number of aromatic amines is 1. The summed E-state index contributed by atoms with van der Waals surface area (Å²) in [5.41, 5.74) is -1.80. The number of nitrogens with one attached hydrogen (secondary N) is 2. The third-order valence-corrected chi connectivity index (χ3v) is 6.68. The number of hydrogen-bond donors (Lipinski definition) is 2. The molecule has 0 saturated heterocycles. The molecule has 0 saturated carbocycles. The second-order valence-electron chi connectivity index (χ2n) is 7.36. The minimum atomic E-state index is -4.64. The summed E-state index contributed by atoms with van der Waals surface area (Å²) in [6, 6.07) is 1.36. The number of carbonyl (C=O) groups is 1. The van der Waals surface area contributed by atoms with Crippen molar-refractivity contribution in [1.82, 2.24) is 14.7 Å². The number of sulfonamides is 1. The van der Waals surface area contributed by atoms with E-state index < -0.39 is 63.0 Å². The van der Waals surface area contributed by atoms with Crippen LogP contribution in [0.15, 0.2) is 77.9 Å². The zero-order chi connectivity index (χ0) is 27.3. The molecule has 2 N–H and O–H groups in total. The van der Waals surface area contributed by atoms with E-state index in [2.05, 4.69) is 23.1 Å². The molecule has 13 heteroatoms. The standard InChI is InChI=1S/C23H21ClF5N3O3S/c1-4-6-19(32-36(34,35)13(3)7-8-14(5-2)23(27,28)29)20(26)17(10-25)21(33)18-12-31-22-16(18)9-15(24)11-30-22/h4-7,9,11-12,14,32H,1-2,8,10H2,3H3,(H,30,31)/b13-7+,19-6+,20-17-. The molecule has 2 heterocycles. The van der Waals surface area contributed by atoms with Crippen molar-refractivity contribution in [1.29, 1.82) is 0 Å². The van der Waals surface area contributed by atoms with Crippen LogP contribution < -0.4 is 4.72 Å². The minimum Gasteiger partial charge on any atom is -0.345 e. The Balaban J connectivity index is 2.44. The quantitative estimate of drug-likeness (QED) is 0.114. The van der Waals surface area contributed by atoms with Gasteiger partial charge in [0.15, 0.2) is 11.6 Å². The molecule has 0 radical (unpaired) electrons.